The molecule has 5 nitrogen and oxygen atoms in total. The topological polar surface area (TPSA) is 59.6 Å². The van der Waals surface area contributed by atoms with E-state index >= 15 is 0 Å². The third-order valence-corrected chi connectivity index (χ3v) is 3.82. The number of amides is 1. The van der Waals surface area contributed by atoms with Gasteiger partial charge in [-0.3, -0.25) is 4.79 Å². The van der Waals surface area contributed by atoms with Gasteiger partial charge < -0.3 is 20.1 Å². The van der Waals surface area contributed by atoms with Crippen LogP contribution in [-0.2, 0) is 17.5 Å². The van der Waals surface area contributed by atoms with Crippen LogP contribution in [0.3, 0.4) is 0 Å². The van der Waals surface area contributed by atoms with Crippen molar-refractivity contribution in [2.45, 2.75) is 19.1 Å². The molecule has 0 spiro atoms. The number of hydrogen-bond donors (Lipinski definition) is 2. The van der Waals surface area contributed by atoms with E-state index < -0.39 is 11.7 Å². The first kappa shape index (κ1) is 17.9. The molecule has 2 aromatic rings. The Morgan fingerprint density at radius 2 is 1.77 bits per heavy atom. The van der Waals surface area contributed by atoms with E-state index in [0.29, 0.717) is 30.3 Å². The van der Waals surface area contributed by atoms with Crippen LogP contribution < -0.4 is 20.1 Å². The normalized spacial score (nSPS) is 12.7. The number of carbonyl (C=O) groups is 1. The van der Waals surface area contributed by atoms with Crippen LogP contribution in [0.2, 0.25) is 0 Å². The predicted octanol–water partition coefficient (Wildman–Crippen LogP) is 3.55. The van der Waals surface area contributed by atoms with Crippen molar-refractivity contribution in [3.05, 3.63) is 53.6 Å². The highest BCUT2D eigenvalue weighted by Gasteiger charge is 2.29. The summed E-state index contributed by atoms with van der Waals surface area (Å²) < 4.78 is 48.0. The van der Waals surface area contributed by atoms with Crippen molar-refractivity contribution in [1.82, 2.24) is 5.32 Å². The Morgan fingerprint density at radius 1 is 1.04 bits per heavy atom. The van der Waals surface area contributed by atoms with Crippen molar-refractivity contribution in [2.24, 2.45) is 0 Å². The fourth-order valence-electron chi connectivity index (χ4n) is 2.44. The first-order valence-electron chi connectivity index (χ1n) is 7.98. The monoisotopic (exact) mass is 366 g/mol. The number of carbonyl (C=O) groups excluding carboxylic acids is 1. The molecule has 0 saturated carbocycles. The first-order valence-corrected chi connectivity index (χ1v) is 7.98. The lowest BCUT2D eigenvalue weighted by molar-refractivity contribution is -0.137. The second-order valence-corrected chi connectivity index (χ2v) is 5.72. The zero-order valence-corrected chi connectivity index (χ0v) is 13.7. The van der Waals surface area contributed by atoms with Crippen LogP contribution in [-0.4, -0.2) is 19.2 Å². The van der Waals surface area contributed by atoms with E-state index in [4.69, 9.17) is 9.47 Å². The smallest absolute Gasteiger partial charge is 0.416 e. The van der Waals surface area contributed by atoms with Gasteiger partial charge in [0.1, 0.15) is 0 Å². The summed E-state index contributed by atoms with van der Waals surface area (Å²) in [6, 6.07) is 10.1. The quantitative estimate of drug-likeness (QED) is 0.821. The summed E-state index contributed by atoms with van der Waals surface area (Å²) in [6.07, 6.45) is -4.15. The molecule has 0 bridgehead atoms. The van der Waals surface area contributed by atoms with E-state index in [0.717, 1.165) is 17.7 Å². The maximum Gasteiger partial charge on any atom is 0.416 e. The average Bonchev–Trinajstić information content (AvgIpc) is 3.07. The van der Waals surface area contributed by atoms with Gasteiger partial charge in [-0.15, -0.1) is 0 Å². The zero-order chi connectivity index (χ0) is 18.6. The molecule has 0 aromatic heterocycles. The van der Waals surface area contributed by atoms with Crippen molar-refractivity contribution in [1.29, 1.82) is 0 Å². The summed E-state index contributed by atoms with van der Waals surface area (Å²) in [4.78, 5) is 11.9. The van der Waals surface area contributed by atoms with Crippen LogP contribution in [0.25, 0.3) is 0 Å². The lowest BCUT2D eigenvalue weighted by Gasteiger charge is -2.10. The van der Waals surface area contributed by atoms with Gasteiger partial charge >= 0.3 is 6.18 Å². The maximum atomic E-state index is 12.5. The van der Waals surface area contributed by atoms with Crippen molar-refractivity contribution >= 4 is 11.6 Å². The molecule has 0 saturated heterocycles. The summed E-state index contributed by atoms with van der Waals surface area (Å²) in [5.74, 6) is 1.17. The zero-order valence-electron chi connectivity index (χ0n) is 13.7. The highest BCUT2D eigenvalue weighted by Crippen LogP contribution is 2.32. The van der Waals surface area contributed by atoms with Gasteiger partial charge in [-0.1, -0.05) is 6.07 Å². The summed E-state index contributed by atoms with van der Waals surface area (Å²) in [6.45, 7) is 0.870. The Balaban J connectivity index is 1.40. The minimum Gasteiger partial charge on any atom is -0.454 e. The number of benzene rings is 2. The van der Waals surface area contributed by atoms with Crippen molar-refractivity contribution in [3.8, 4) is 11.5 Å². The van der Waals surface area contributed by atoms with E-state index in [1.54, 1.807) is 6.07 Å². The lowest BCUT2D eigenvalue weighted by Crippen LogP contribution is -2.24. The second kappa shape index (κ2) is 7.55. The van der Waals surface area contributed by atoms with Gasteiger partial charge in [0.15, 0.2) is 11.5 Å². The molecule has 0 atom stereocenters. The number of ether oxygens (including phenoxy) is 2. The van der Waals surface area contributed by atoms with Crippen molar-refractivity contribution in [2.75, 3.05) is 18.7 Å². The van der Waals surface area contributed by atoms with Crippen molar-refractivity contribution in [3.63, 3.8) is 0 Å². The Morgan fingerprint density at radius 3 is 2.50 bits per heavy atom. The molecular weight excluding hydrogens is 349 g/mol. The summed E-state index contributed by atoms with van der Waals surface area (Å²) >= 11 is 0. The molecule has 3 rings (SSSR count). The Hall–Kier alpha value is -2.90. The van der Waals surface area contributed by atoms with Gasteiger partial charge in [0.05, 0.1) is 5.56 Å². The van der Waals surface area contributed by atoms with Gasteiger partial charge in [-0.2, -0.15) is 13.2 Å². The molecular formula is C18H17F3N2O3. The van der Waals surface area contributed by atoms with Crippen LogP contribution in [0, 0.1) is 0 Å². The van der Waals surface area contributed by atoms with E-state index in [1.807, 2.05) is 12.1 Å². The van der Waals surface area contributed by atoms with Gasteiger partial charge in [-0.05, 0) is 42.0 Å². The maximum absolute atomic E-state index is 12.5. The van der Waals surface area contributed by atoms with E-state index in [-0.39, 0.29) is 19.1 Å². The summed E-state index contributed by atoms with van der Waals surface area (Å²) in [5.41, 5.74) is 0.712. The van der Waals surface area contributed by atoms with Crippen molar-refractivity contribution < 1.29 is 27.4 Å². The highest BCUT2D eigenvalue weighted by atomic mass is 19.4. The van der Waals surface area contributed by atoms with E-state index in [1.165, 1.54) is 12.1 Å². The van der Waals surface area contributed by atoms with Crippen LogP contribution in [0.5, 0.6) is 11.5 Å². The number of halogens is 3. The third-order valence-electron chi connectivity index (χ3n) is 3.82. The van der Waals surface area contributed by atoms with Gasteiger partial charge in [0.25, 0.3) is 0 Å². The number of anilines is 1. The Bertz CT molecular complexity index is 776. The second-order valence-electron chi connectivity index (χ2n) is 5.72. The van der Waals surface area contributed by atoms with Crippen LogP contribution >= 0.6 is 0 Å². The van der Waals surface area contributed by atoms with Gasteiger partial charge in [0, 0.05) is 25.2 Å². The largest absolute Gasteiger partial charge is 0.454 e. The molecule has 2 N–H and O–H groups in total. The summed E-state index contributed by atoms with van der Waals surface area (Å²) in [5, 5.41) is 5.70. The van der Waals surface area contributed by atoms with Crippen LogP contribution in [0.4, 0.5) is 18.9 Å². The van der Waals surface area contributed by atoms with Crippen LogP contribution in [0.15, 0.2) is 42.5 Å². The number of rotatable bonds is 6. The highest BCUT2D eigenvalue weighted by molar-refractivity contribution is 5.76. The molecule has 2 aromatic carbocycles. The number of hydrogen-bond acceptors (Lipinski definition) is 4. The molecule has 26 heavy (non-hydrogen) atoms. The average molecular weight is 366 g/mol. The minimum absolute atomic E-state index is 0.165. The lowest BCUT2D eigenvalue weighted by atomic mass is 10.2. The molecule has 138 valence electrons. The van der Waals surface area contributed by atoms with E-state index in [9.17, 15) is 18.0 Å². The predicted molar refractivity (Wildman–Crippen MR) is 89.0 cm³/mol. The number of fused-ring (bicyclic) bond motifs is 1. The number of nitrogens with one attached hydrogen (secondary N) is 2. The fraction of sp³-hybridized carbons (Fsp3) is 0.278. The SMILES string of the molecule is O=C(CCNc1ccc(C(F)(F)F)cc1)NCc1ccc2c(c1)OCO2. The van der Waals surface area contributed by atoms with Crippen LogP contribution in [0.1, 0.15) is 17.5 Å². The summed E-state index contributed by atoms with van der Waals surface area (Å²) in [7, 11) is 0. The third kappa shape index (κ3) is 4.59. The first-order chi connectivity index (χ1) is 12.4. The Kier molecular flexibility index (Phi) is 5.20. The fourth-order valence-corrected chi connectivity index (χ4v) is 2.44. The molecule has 1 aliphatic rings. The molecule has 0 radical (unpaired) electrons. The molecule has 0 fully saturated rings. The molecule has 1 heterocycles. The minimum atomic E-state index is -4.35. The molecule has 0 aliphatic carbocycles. The number of alkyl halides is 3. The molecule has 1 amide bonds. The van der Waals surface area contributed by atoms with Gasteiger partial charge in [0.2, 0.25) is 12.7 Å². The van der Waals surface area contributed by atoms with Gasteiger partial charge in [-0.25, -0.2) is 0 Å². The molecule has 8 heteroatoms. The Labute approximate surface area is 148 Å². The standard InChI is InChI=1S/C18H17F3N2O3/c19-18(20,21)13-2-4-14(5-3-13)22-8-7-17(24)23-10-12-1-6-15-16(9-12)26-11-25-15/h1-6,9,22H,7-8,10-11H2,(H,23,24). The molecule has 0 unspecified atom stereocenters. The molecule has 1 aliphatic heterocycles. The van der Waals surface area contributed by atoms with E-state index in [2.05, 4.69) is 10.6 Å².